The third kappa shape index (κ3) is 3.69. The Bertz CT molecular complexity index is 646. The van der Waals surface area contributed by atoms with Gasteiger partial charge >= 0.3 is 0 Å². The molecule has 0 saturated carbocycles. The van der Waals surface area contributed by atoms with Crippen LogP contribution in [-0.2, 0) is 6.42 Å². The Morgan fingerprint density at radius 1 is 1.19 bits per heavy atom. The second-order valence-corrected chi connectivity index (χ2v) is 5.45. The lowest BCUT2D eigenvalue weighted by Crippen LogP contribution is -2.09. The van der Waals surface area contributed by atoms with E-state index in [-0.39, 0.29) is 5.82 Å². The van der Waals surface area contributed by atoms with Gasteiger partial charge in [-0.25, -0.2) is 14.4 Å². The van der Waals surface area contributed by atoms with Crippen LogP contribution in [0.4, 0.5) is 21.7 Å². The Kier molecular flexibility index (Phi) is 5.12. The van der Waals surface area contributed by atoms with Crippen LogP contribution in [0.25, 0.3) is 0 Å². The van der Waals surface area contributed by atoms with Crippen molar-refractivity contribution in [3.63, 3.8) is 0 Å². The SMILES string of the molecule is CCNc1nc(CC)nc(Nc2cc(F)ccc2Br)c1C. The highest BCUT2D eigenvalue weighted by Crippen LogP contribution is 2.29. The van der Waals surface area contributed by atoms with Crippen molar-refractivity contribution >= 4 is 33.3 Å². The number of hydrogen-bond donors (Lipinski definition) is 2. The van der Waals surface area contributed by atoms with Gasteiger partial charge in [0.1, 0.15) is 23.3 Å². The van der Waals surface area contributed by atoms with E-state index in [2.05, 4.69) is 36.5 Å². The monoisotopic (exact) mass is 352 g/mol. The van der Waals surface area contributed by atoms with Crippen LogP contribution >= 0.6 is 15.9 Å². The maximum atomic E-state index is 13.4. The molecular weight excluding hydrogens is 335 g/mol. The fourth-order valence-electron chi connectivity index (χ4n) is 1.90. The van der Waals surface area contributed by atoms with Crippen LogP contribution in [0.1, 0.15) is 25.2 Å². The summed E-state index contributed by atoms with van der Waals surface area (Å²) in [5, 5.41) is 6.40. The van der Waals surface area contributed by atoms with Crippen LogP contribution < -0.4 is 10.6 Å². The largest absolute Gasteiger partial charge is 0.370 e. The molecule has 21 heavy (non-hydrogen) atoms. The molecule has 0 amide bonds. The van der Waals surface area contributed by atoms with Crippen molar-refractivity contribution in [2.45, 2.75) is 27.2 Å². The van der Waals surface area contributed by atoms with Gasteiger partial charge in [-0.1, -0.05) is 6.92 Å². The van der Waals surface area contributed by atoms with Crippen molar-refractivity contribution in [1.82, 2.24) is 9.97 Å². The molecule has 0 fully saturated rings. The van der Waals surface area contributed by atoms with E-state index in [9.17, 15) is 4.39 Å². The summed E-state index contributed by atoms with van der Waals surface area (Å²) in [7, 11) is 0. The molecule has 0 aliphatic carbocycles. The first-order valence-electron chi connectivity index (χ1n) is 6.88. The first-order valence-corrected chi connectivity index (χ1v) is 7.67. The van der Waals surface area contributed by atoms with Gasteiger partial charge in [-0.3, -0.25) is 0 Å². The molecule has 1 aromatic carbocycles. The summed E-state index contributed by atoms with van der Waals surface area (Å²) in [4.78, 5) is 8.97. The Labute approximate surface area is 132 Å². The topological polar surface area (TPSA) is 49.8 Å². The molecule has 0 radical (unpaired) electrons. The zero-order chi connectivity index (χ0) is 15.4. The molecular formula is C15H18BrFN4. The van der Waals surface area contributed by atoms with Crippen molar-refractivity contribution in [1.29, 1.82) is 0 Å². The number of benzene rings is 1. The summed E-state index contributed by atoms with van der Waals surface area (Å²) < 4.78 is 14.2. The molecule has 2 rings (SSSR count). The smallest absolute Gasteiger partial charge is 0.139 e. The average Bonchev–Trinajstić information content (AvgIpc) is 2.47. The summed E-state index contributed by atoms with van der Waals surface area (Å²) in [5.41, 5.74) is 1.55. The van der Waals surface area contributed by atoms with Gasteiger partial charge in [-0.05, 0) is 48.0 Å². The van der Waals surface area contributed by atoms with Crippen LogP contribution in [0.5, 0.6) is 0 Å². The average molecular weight is 353 g/mol. The maximum Gasteiger partial charge on any atom is 0.139 e. The second kappa shape index (κ2) is 6.85. The molecule has 2 N–H and O–H groups in total. The van der Waals surface area contributed by atoms with Crippen LogP contribution in [0.2, 0.25) is 0 Å². The van der Waals surface area contributed by atoms with Gasteiger partial charge in [-0.2, -0.15) is 0 Å². The highest BCUT2D eigenvalue weighted by molar-refractivity contribution is 9.10. The third-order valence-corrected chi connectivity index (χ3v) is 3.73. The number of aryl methyl sites for hydroxylation is 1. The summed E-state index contributed by atoms with van der Waals surface area (Å²) in [6, 6.07) is 4.51. The van der Waals surface area contributed by atoms with Gasteiger partial charge in [0, 0.05) is 23.0 Å². The number of nitrogens with zero attached hydrogens (tertiary/aromatic N) is 2. The second-order valence-electron chi connectivity index (χ2n) is 4.60. The molecule has 0 aliphatic rings. The van der Waals surface area contributed by atoms with Crippen molar-refractivity contribution in [2.75, 3.05) is 17.2 Å². The van der Waals surface area contributed by atoms with Gasteiger partial charge in [0.15, 0.2) is 0 Å². The van der Waals surface area contributed by atoms with Crippen molar-refractivity contribution in [2.24, 2.45) is 0 Å². The fourth-order valence-corrected chi connectivity index (χ4v) is 2.25. The van der Waals surface area contributed by atoms with E-state index in [1.165, 1.54) is 12.1 Å². The maximum absolute atomic E-state index is 13.4. The standard InChI is InChI=1S/C15H18BrFN4/c1-4-13-20-14(18-5-2)9(3)15(21-13)19-12-8-10(17)6-7-11(12)16/h6-8H,4-5H2,1-3H3,(H2,18,19,20,21). The normalized spacial score (nSPS) is 10.5. The molecule has 1 aromatic heterocycles. The Hall–Kier alpha value is -1.69. The third-order valence-electron chi connectivity index (χ3n) is 3.03. The predicted molar refractivity (Wildman–Crippen MR) is 87.7 cm³/mol. The first-order chi connectivity index (χ1) is 10.0. The number of hydrogen-bond acceptors (Lipinski definition) is 4. The minimum Gasteiger partial charge on any atom is -0.370 e. The quantitative estimate of drug-likeness (QED) is 0.835. The first kappa shape index (κ1) is 15.7. The minimum atomic E-state index is -0.296. The number of aromatic nitrogens is 2. The molecule has 4 nitrogen and oxygen atoms in total. The van der Waals surface area contributed by atoms with Gasteiger partial charge in [0.2, 0.25) is 0 Å². The van der Waals surface area contributed by atoms with E-state index in [1.54, 1.807) is 6.07 Å². The highest BCUT2D eigenvalue weighted by atomic mass is 79.9. The van der Waals surface area contributed by atoms with E-state index in [1.807, 2.05) is 20.8 Å². The molecule has 2 aromatic rings. The van der Waals surface area contributed by atoms with Crippen molar-refractivity contribution in [3.8, 4) is 0 Å². The molecule has 0 spiro atoms. The zero-order valence-electron chi connectivity index (χ0n) is 12.3. The molecule has 0 saturated heterocycles. The summed E-state index contributed by atoms with van der Waals surface area (Å²) in [6.07, 6.45) is 0.734. The Morgan fingerprint density at radius 3 is 2.57 bits per heavy atom. The Morgan fingerprint density at radius 2 is 1.90 bits per heavy atom. The van der Waals surface area contributed by atoms with E-state index < -0.39 is 0 Å². The number of anilines is 3. The minimum absolute atomic E-state index is 0.296. The molecule has 0 aliphatic heterocycles. The van der Waals surface area contributed by atoms with Gasteiger partial charge < -0.3 is 10.6 Å². The van der Waals surface area contributed by atoms with Crippen LogP contribution in [0.15, 0.2) is 22.7 Å². The molecule has 0 atom stereocenters. The summed E-state index contributed by atoms with van der Waals surface area (Å²) in [5.74, 6) is 1.94. The van der Waals surface area contributed by atoms with Crippen LogP contribution in [0, 0.1) is 12.7 Å². The van der Waals surface area contributed by atoms with E-state index >= 15 is 0 Å². The number of halogens is 2. The van der Waals surface area contributed by atoms with Crippen LogP contribution in [-0.4, -0.2) is 16.5 Å². The predicted octanol–water partition coefficient (Wildman–Crippen LogP) is 4.42. The van der Waals surface area contributed by atoms with Crippen molar-refractivity contribution < 1.29 is 4.39 Å². The van der Waals surface area contributed by atoms with Gasteiger partial charge in [0.05, 0.1) is 5.69 Å². The van der Waals surface area contributed by atoms with E-state index in [0.717, 1.165) is 34.6 Å². The number of nitrogens with one attached hydrogen (secondary N) is 2. The lowest BCUT2D eigenvalue weighted by Gasteiger charge is -2.15. The van der Waals surface area contributed by atoms with E-state index in [0.29, 0.717) is 11.5 Å². The van der Waals surface area contributed by atoms with Crippen LogP contribution in [0.3, 0.4) is 0 Å². The molecule has 112 valence electrons. The molecule has 0 unspecified atom stereocenters. The van der Waals surface area contributed by atoms with Crippen molar-refractivity contribution in [3.05, 3.63) is 39.9 Å². The lowest BCUT2D eigenvalue weighted by atomic mass is 10.2. The molecule has 6 heteroatoms. The van der Waals surface area contributed by atoms with Gasteiger partial charge in [-0.15, -0.1) is 0 Å². The zero-order valence-corrected chi connectivity index (χ0v) is 13.9. The summed E-state index contributed by atoms with van der Waals surface area (Å²) in [6.45, 7) is 6.74. The number of rotatable bonds is 5. The lowest BCUT2D eigenvalue weighted by molar-refractivity contribution is 0.628. The molecule has 1 heterocycles. The summed E-state index contributed by atoms with van der Waals surface area (Å²) >= 11 is 3.41. The molecule has 0 bridgehead atoms. The highest BCUT2D eigenvalue weighted by Gasteiger charge is 2.11. The Balaban J connectivity index is 2.43. The van der Waals surface area contributed by atoms with Gasteiger partial charge in [0.25, 0.3) is 0 Å². The fraction of sp³-hybridized carbons (Fsp3) is 0.333. The van der Waals surface area contributed by atoms with E-state index in [4.69, 9.17) is 0 Å².